The summed E-state index contributed by atoms with van der Waals surface area (Å²) in [5.74, 6) is 2.48. The third-order valence-electron chi connectivity index (χ3n) is 7.47. The molecule has 2 saturated carbocycles. The number of hydrogen-bond donors (Lipinski definition) is 0. The van der Waals surface area contributed by atoms with Crippen LogP contribution < -0.4 is 0 Å². The van der Waals surface area contributed by atoms with Gasteiger partial charge in [0, 0.05) is 6.61 Å². The molecule has 0 aromatic carbocycles. The van der Waals surface area contributed by atoms with Crippen LogP contribution in [0.3, 0.4) is 0 Å². The van der Waals surface area contributed by atoms with Crippen molar-refractivity contribution in [2.45, 2.75) is 135 Å². The highest BCUT2D eigenvalue weighted by molar-refractivity contribution is 4.80. The lowest BCUT2D eigenvalue weighted by atomic mass is 9.70. The smallest absolute Gasteiger partial charge is 0.369 e. The molecule has 0 aromatic rings. The lowest BCUT2D eigenvalue weighted by molar-refractivity contribution is -0.222. The fourth-order valence-corrected chi connectivity index (χ4v) is 5.60. The highest BCUT2D eigenvalue weighted by Crippen LogP contribution is 2.41. The molecule has 4 heteroatoms. The van der Waals surface area contributed by atoms with E-state index in [2.05, 4.69) is 6.92 Å². The zero-order chi connectivity index (χ0) is 21.0. The molecule has 0 spiro atoms. The van der Waals surface area contributed by atoms with Gasteiger partial charge in [-0.3, -0.25) is 0 Å². The molecule has 2 aliphatic rings. The van der Waals surface area contributed by atoms with Crippen LogP contribution in [0.4, 0.5) is 13.2 Å². The summed E-state index contributed by atoms with van der Waals surface area (Å²) in [5, 5.41) is 0. The minimum atomic E-state index is -4.22. The van der Waals surface area contributed by atoms with Crippen molar-refractivity contribution in [2.24, 2.45) is 17.8 Å². The van der Waals surface area contributed by atoms with Crippen molar-refractivity contribution in [1.29, 1.82) is 0 Å². The average molecular weight is 419 g/mol. The van der Waals surface area contributed by atoms with Crippen LogP contribution >= 0.6 is 0 Å². The van der Waals surface area contributed by atoms with E-state index in [0.717, 1.165) is 37.5 Å². The Balaban J connectivity index is 1.58. The Labute approximate surface area is 177 Å². The molecule has 1 nitrogen and oxygen atoms in total. The number of rotatable bonds is 13. The van der Waals surface area contributed by atoms with Crippen molar-refractivity contribution in [3.63, 3.8) is 0 Å². The molecule has 1 atom stereocenters. The second-order valence-electron chi connectivity index (χ2n) is 9.78. The summed E-state index contributed by atoms with van der Waals surface area (Å²) in [5.41, 5.74) is 0. The van der Waals surface area contributed by atoms with Gasteiger partial charge in [-0.2, -0.15) is 13.2 Å². The molecule has 29 heavy (non-hydrogen) atoms. The topological polar surface area (TPSA) is 9.23 Å². The maximum absolute atomic E-state index is 13.3. The third-order valence-corrected chi connectivity index (χ3v) is 7.47. The molecule has 0 amide bonds. The lowest BCUT2D eigenvalue weighted by Gasteiger charge is -2.36. The fourth-order valence-electron chi connectivity index (χ4n) is 5.60. The normalized spacial score (nSPS) is 25.2. The zero-order valence-electron chi connectivity index (χ0n) is 18.8. The van der Waals surface area contributed by atoms with E-state index in [9.17, 15) is 13.2 Å². The number of ether oxygens (including phenoxy) is 1. The van der Waals surface area contributed by atoms with Crippen LogP contribution in [0, 0.1) is 17.8 Å². The first kappa shape index (κ1) is 25.0. The molecule has 0 aliphatic heterocycles. The first-order valence-corrected chi connectivity index (χ1v) is 12.7. The summed E-state index contributed by atoms with van der Waals surface area (Å²) in [6.45, 7) is 2.42. The van der Waals surface area contributed by atoms with E-state index in [1.807, 2.05) is 0 Å². The first-order chi connectivity index (χ1) is 14.0. The SMILES string of the molecule is CCCCCCCCOC(CCCC1CCC(C2CCCCC2)CC1)C(F)(F)F. The standard InChI is InChI=1S/C25H45F3O/c1-2-3-4-5-6-10-20-29-24(25(26,27)28)15-11-12-21-16-18-23(19-17-21)22-13-8-7-9-14-22/h21-24H,2-20H2,1H3. The van der Waals surface area contributed by atoms with Crippen LogP contribution in [0.15, 0.2) is 0 Å². The van der Waals surface area contributed by atoms with Crippen molar-refractivity contribution < 1.29 is 17.9 Å². The van der Waals surface area contributed by atoms with Crippen molar-refractivity contribution in [3.8, 4) is 0 Å². The predicted octanol–water partition coefficient (Wildman–Crippen LogP) is 8.85. The Morgan fingerprint density at radius 1 is 0.759 bits per heavy atom. The summed E-state index contributed by atoms with van der Waals surface area (Å²) in [6, 6.07) is 0. The van der Waals surface area contributed by atoms with Crippen LogP contribution in [0.25, 0.3) is 0 Å². The molecule has 172 valence electrons. The van der Waals surface area contributed by atoms with Gasteiger partial charge in [-0.1, -0.05) is 96.8 Å². The van der Waals surface area contributed by atoms with Crippen molar-refractivity contribution in [3.05, 3.63) is 0 Å². The molecule has 0 heterocycles. The molecule has 0 radical (unpaired) electrons. The highest BCUT2D eigenvalue weighted by Gasteiger charge is 2.40. The lowest BCUT2D eigenvalue weighted by Crippen LogP contribution is -2.32. The molecule has 0 saturated heterocycles. The van der Waals surface area contributed by atoms with Crippen LogP contribution in [0.5, 0.6) is 0 Å². The van der Waals surface area contributed by atoms with Crippen molar-refractivity contribution in [2.75, 3.05) is 6.61 Å². The number of unbranched alkanes of at least 4 members (excludes halogenated alkanes) is 5. The van der Waals surface area contributed by atoms with Crippen LogP contribution in [-0.2, 0) is 4.74 Å². The second-order valence-corrected chi connectivity index (χ2v) is 9.78. The maximum atomic E-state index is 13.3. The van der Waals surface area contributed by atoms with Gasteiger partial charge in [-0.25, -0.2) is 0 Å². The van der Waals surface area contributed by atoms with Gasteiger partial charge in [0.1, 0.15) is 0 Å². The van der Waals surface area contributed by atoms with E-state index >= 15 is 0 Å². The quantitative estimate of drug-likeness (QED) is 0.271. The van der Waals surface area contributed by atoms with Gasteiger partial charge in [0.05, 0.1) is 0 Å². The number of alkyl halides is 3. The largest absolute Gasteiger partial charge is 0.414 e. The van der Waals surface area contributed by atoms with E-state index in [4.69, 9.17) is 4.74 Å². The summed E-state index contributed by atoms with van der Waals surface area (Å²) < 4.78 is 45.2. The first-order valence-electron chi connectivity index (χ1n) is 12.7. The minimum Gasteiger partial charge on any atom is -0.369 e. The zero-order valence-corrected chi connectivity index (χ0v) is 18.8. The Bertz CT molecular complexity index is 395. The third kappa shape index (κ3) is 10.1. The van der Waals surface area contributed by atoms with Gasteiger partial charge in [0.25, 0.3) is 0 Å². The van der Waals surface area contributed by atoms with Crippen LogP contribution in [-0.4, -0.2) is 18.9 Å². The van der Waals surface area contributed by atoms with Gasteiger partial charge in [0.15, 0.2) is 6.10 Å². The molecule has 0 aromatic heterocycles. The molecular formula is C25H45F3O. The van der Waals surface area contributed by atoms with Crippen molar-refractivity contribution in [1.82, 2.24) is 0 Å². The Morgan fingerprint density at radius 2 is 1.38 bits per heavy atom. The number of halogens is 3. The average Bonchev–Trinajstić information content (AvgIpc) is 2.72. The fraction of sp³-hybridized carbons (Fsp3) is 1.00. The molecule has 2 fully saturated rings. The molecular weight excluding hydrogens is 373 g/mol. The van der Waals surface area contributed by atoms with Crippen molar-refractivity contribution >= 4 is 0 Å². The molecule has 2 rings (SSSR count). The van der Waals surface area contributed by atoms with Gasteiger partial charge in [-0.15, -0.1) is 0 Å². The van der Waals surface area contributed by atoms with E-state index in [1.54, 1.807) is 0 Å². The van der Waals surface area contributed by atoms with Gasteiger partial charge >= 0.3 is 6.18 Å². The van der Waals surface area contributed by atoms with E-state index in [-0.39, 0.29) is 13.0 Å². The highest BCUT2D eigenvalue weighted by atomic mass is 19.4. The summed E-state index contributed by atoms with van der Waals surface area (Å²) in [7, 11) is 0. The Kier molecular flexibility index (Phi) is 12.0. The van der Waals surface area contributed by atoms with E-state index < -0.39 is 12.3 Å². The van der Waals surface area contributed by atoms with E-state index in [0.29, 0.717) is 12.3 Å². The minimum absolute atomic E-state index is 0.141. The van der Waals surface area contributed by atoms with Crippen LogP contribution in [0.2, 0.25) is 0 Å². The van der Waals surface area contributed by atoms with Crippen LogP contribution in [0.1, 0.15) is 122 Å². The Hall–Kier alpha value is -0.250. The van der Waals surface area contributed by atoms with Gasteiger partial charge < -0.3 is 4.74 Å². The summed E-state index contributed by atoms with van der Waals surface area (Å²) in [6.07, 6.45) is 14.5. The van der Waals surface area contributed by atoms with Gasteiger partial charge in [-0.05, 0) is 43.4 Å². The molecule has 1 unspecified atom stereocenters. The predicted molar refractivity (Wildman–Crippen MR) is 115 cm³/mol. The Morgan fingerprint density at radius 3 is 2.03 bits per heavy atom. The number of hydrogen-bond acceptors (Lipinski definition) is 1. The monoisotopic (exact) mass is 418 g/mol. The molecule has 0 N–H and O–H groups in total. The second kappa shape index (κ2) is 13.9. The summed E-state index contributed by atoms with van der Waals surface area (Å²) in [4.78, 5) is 0. The summed E-state index contributed by atoms with van der Waals surface area (Å²) >= 11 is 0. The molecule has 2 aliphatic carbocycles. The van der Waals surface area contributed by atoms with Gasteiger partial charge in [0.2, 0.25) is 0 Å². The van der Waals surface area contributed by atoms with E-state index in [1.165, 1.54) is 77.0 Å². The molecule has 0 bridgehead atoms. The maximum Gasteiger partial charge on any atom is 0.414 e.